The quantitative estimate of drug-likeness (QED) is 0.483. The molecule has 0 saturated carbocycles. The van der Waals surface area contributed by atoms with Crippen LogP contribution < -0.4 is 4.90 Å². The van der Waals surface area contributed by atoms with Gasteiger partial charge < -0.3 is 9.64 Å². The molecule has 3 heterocycles. The van der Waals surface area contributed by atoms with Crippen molar-refractivity contribution in [3.8, 4) is 0 Å². The number of rotatable bonds is 4. The highest BCUT2D eigenvalue weighted by Gasteiger charge is 2.23. The van der Waals surface area contributed by atoms with E-state index in [1.807, 2.05) is 24.3 Å². The lowest BCUT2D eigenvalue weighted by atomic mass is 10.1. The first-order chi connectivity index (χ1) is 15.6. The molecule has 0 N–H and O–H groups in total. The third-order valence-corrected chi connectivity index (χ3v) is 6.93. The van der Waals surface area contributed by atoms with Crippen LogP contribution >= 0.6 is 35.0 Å². The zero-order valence-electron chi connectivity index (χ0n) is 16.9. The largest absolute Gasteiger partial charge is 0.378 e. The third-order valence-electron chi connectivity index (χ3n) is 5.24. The van der Waals surface area contributed by atoms with Crippen molar-refractivity contribution < 1.29 is 9.53 Å². The first kappa shape index (κ1) is 21.4. The van der Waals surface area contributed by atoms with E-state index in [-0.39, 0.29) is 5.91 Å². The van der Waals surface area contributed by atoms with Crippen molar-refractivity contribution in [1.29, 1.82) is 0 Å². The van der Waals surface area contributed by atoms with E-state index in [9.17, 15) is 4.79 Å². The molecule has 1 saturated heterocycles. The Labute approximate surface area is 199 Å². The van der Waals surface area contributed by atoms with Crippen molar-refractivity contribution in [3.63, 3.8) is 0 Å². The SMILES string of the molecule is O=C1N=C(Cc2c(Cl)cccc2Cl)S/C1=C\c1ccc2ncc(N3CCOCC3)nc2c1. The molecule has 0 aliphatic carbocycles. The Morgan fingerprint density at radius 1 is 1.09 bits per heavy atom. The average molecular weight is 485 g/mol. The molecular weight excluding hydrogens is 467 g/mol. The molecule has 162 valence electrons. The zero-order valence-corrected chi connectivity index (χ0v) is 19.3. The van der Waals surface area contributed by atoms with Gasteiger partial charge in [-0.3, -0.25) is 9.78 Å². The lowest BCUT2D eigenvalue weighted by molar-refractivity contribution is -0.113. The first-order valence-electron chi connectivity index (χ1n) is 10.1. The van der Waals surface area contributed by atoms with Crippen LogP contribution in [0.25, 0.3) is 17.1 Å². The maximum Gasteiger partial charge on any atom is 0.284 e. The van der Waals surface area contributed by atoms with Crippen molar-refractivity contribution >= 4 is 68.8 Å². The maximum absolute atomic E-state index is 12.5. The van der Waals surface area contributed by atoms with Crippen molar-refractivity contribution in [1.82, 2.24) is 9.97 Å². The van der Waals surface area contributed by atoms with E-state index < -0.39 is 0 Å². The van der Waals surface area contributed by atoms with E-state index in [2.05, 4.69) is 14.9 Å². The zero-order chi connectivity index (χ0) is 22.1. The normalized spacial score (nSPS) is 17.9. The van der Waals surface area contributed by atoms with Gasteiger partial charge in [0.25, 0.3) is 5.91 Å². The number of nitrogens with zero attached hydrogens (tertiary/aromatic N) is 4. The Hall–Kier alpha value is -2.45. The lowest BCUT2D eigenvalue weighted by Crippen LogP contribution is -2.36. The smallest absolute Gasteiger partial charge is 0.284 e. The number of thioether (sulfide) groups is 1. The van der Waals surface area contributed by atoms with Crippen LogP contribution in [0.1, 0.15) is 11.1 Å². The molecule has 2 aliphatic heterocycles. The Balaban J connectivity index is 1.37. The van der Waals surface area contributed by atoms with Gasteiger partial charge in [0.2, 0.25) is 0 Å². The van der Waals surface area contributed by atoms with E-state index in [0.29, 0.717) is 39.6 Å². The third kappa shape index (κ3) is 4.52. The average Bonchev–Trinajstić information content (AvgIpc) is 3.15. The van der Waals surface area contributed by atoms with Crippen LogP contribution in [0.15, 0.2) is 52.5 Å². The van der Waals surface area contributed by atoms with Gasteiger partial charge in [-0.1, -0.05) is 47.1 Å². The number of aliphatic imine (C=N–C) groups is 1. The number of benzene rings is 2. The fourth-order valence-electron chi connectivity index (χ4n) is 3.59. The highest BCUT2D eigenvalue weighted by molar-refractivity contribution is 8.18. The molecule has 1 aromatic heterocycles. The summed E-state index contributed by atoms with van der Waals surface area (Å²) in [7, 11) is 0. The molecular formula is C23H18Cl2N4O2S. The van der Waals surface area contributed by atoms with Gasteiger partial charge in [-0.15, -0.1) is 0 Å². The number of ether oxygens (including phenoxy) is 1. The van der Waals surface area contributed by atoms with Crippen LogP contribution in [0.2, 0.25) is 10.0 Å². The Morgan fingerprint density at radius 2 is 1.88 bits per heavy atom. The summed E-state index contributed by atoms with van der Waals surface area (Å²) in [5.74, 6) is 0.570. The van der Waals surface area contributed by atoms with E-state index in [4.69, 9.17) is 32.9 Å². The van der Waals surface area contributed by atoms with Crippen molar-refractivity contribution in [2.75, 3.05) is 31.2 Å². The minimum absolute atomic E-state index is 0.263. The number of hydrogen-bond donors (Lipinski definition) is 0. The molecule has 2 aromatic carbocycles. The van der Waals surface area contributed by atoms with Crippen molar-refractivity contribution in [3.05, 3.63) is 68.7 Å². The highest BCUT2D eigenvalue weighted by Crippen LogP contribution is 2.33. The van der Waals surface area contributed by atoms with E-state index in [1.165, 1.54) is 11.8 Å². The van der Waals surface area contributed by atoms with Gasteiger partial charge in [-0.2, -0.15) is 0 Å². The van der Waals surface area contributed by atoms with Crippen LogP contribution in [0, 0.1) is 0 Å². The summed E-state index contributed by atoms with van der Waals surface area (Å²) in [6, 6.07) is 11.1. The molecule has 0 unspecified atom stereocenters. The summed E-state index contributed by atoms with van der Waals surface area (Å²) in [4.78, 5) is 28.7. The van der Waals surface area contributed by atoms with Gasteiger partial charge in [0, 0.05) is 29.6 Å². The minimum atomic E-state index is -0.263. The van der Waals surface area contributed by atoms with Gasteiger partial charge in [0.1, 0.15) is 5.82 Å². The molecule has 0 bridgehead atoms. The molecule has 1 amide bonds. The molecule has 3 aromatic rings. The highest BCUT2D eigenvalue weighted by atomic mass is 35.5. The van der Waals surface area contributed by atoms with Crippen LogP contribution in [0.5, 0.6) is 0 Å². The fourth-order valence-corrected chi connectivity index (χ4v) is 5.04. The van der Waals surface area contributed by atoms with Crippen molar-refractivity contribution in [2.45, 2.75) is 6.42 Å². The summed E-state index contributed by atoms with van der Waals surface area (Å²) in [5.41, 5.74) is 3.23. The van der Waals surface area contributed by atoms with E-state index in [1.54, 1.807) is 24.4 Å². The van der Waals surface area contributed by atoms with Gasteiger partial charge >= 0.3 is 0 Å². The molecule has 6 nitrogen and oxygen atoms in total. The number of fused-ring (bicyclic) bond motifs is 1. The topological polar surface area (TPSA) is 67.7 Å². The number of amides is 1. The Bertz CT molecular complexity index is 1250. The fraction of sp³-hybridized carbons (Fsp3) is 0.217. The Morgan fingerprint density at radius 3 is 2.66 bits per heavy atom. The Kier molecular flexibility index (Phi) is 6.15. The number of halogens is 2. The van der Waals surface area contributed by atoms with E-state index >= 15 is 0 Å². The van der Waals surface area contributed by atoms with Crippen LogP contribution in [-0.4, -0.2) is 47.2 Å². The number of anilines is 1. The summed E-state index contributed by atoms with van der Waals surface area (Å²) in [6.07, 6.45) is 4.04. The van der Waals surface area contributed by atoms with Gasteiger partial charge in [-0.05, 0) is 41.5 Å². The van der Waals surface area contributed by atoms with E-state index in [0.717, 1.165) is 41.1 Å². The second kappa shape index (κ2) is 9.19. The molecule has 0 radical (unpaired) electrons. The molecule has 2 aliphatic rings. The number of aromatic nitrogens is 2. The second-order valence-corrected chi connectivity index (χ2v) is 9.30. The summed E-state index contributed by atoms with van der Waals surface area (Å²) < 4.78 is 5.41. The lowest BCUT2D eigenvalue weighted by Gasteiger charge is -2.27. The summed E-state index contributed by atoms with van der Waals surface area (Å²) >= 11 is 13.9. The van der Waals surface area contributed by atoms with Gasteiger partial charge in [0.05, 0.1) is 40.4 Å². The minimum Gasteiger partial charge on any atom is -0.378 e. The van der Waals surface area contributed by atoms with Crippen molar-refractivity contribution in [2.24, 2.45) is 4.99 Å². The number of carbonyl (C=O) groups is 1. The molecule has 1 fully saturated rings. The maximum atomic E-state index is 12.5. The van der Waals surface area contributed by atoms with Gasteiger partial charge in [0.15, 0.2) is 0 Å². The standard InChI is InChI=1S/C23H18Cl2N4O2S/c24-16-2-1-3-17(25)15(16)12-22-28-23(30)20(32-22)11-14-4-5-18-19(10-14)27-21(13-26-18)29-6-8-31-9-7-29/h1-5,10-11,13H,6-9,12H2/b20-11-. The van der Waals surface area contributed by atoms with Crippen LogP contribution in [0.4, 0.5) is 5.82 Å². The number of hydrogen-bond acceptors (Lipinski definition) is 6. The molecule has 0 spiro atoms. The predicted molar refractivity (Wildman–Crippen MR) is 131 cm³/mol. The number of morpholine rings is 1. The van der Waals surface area contributed by atoms with Crippen LogP contribution in [-0.2, 0) is 16.0 Å². The molecule has 32 heavy (non-hydrogen) atoms. The van der Waals surface area contributed by atoms with Crippen LogP contribution in [0.3, 0.4) is 0 Å². The molecule has 5 rings (SSSR count). The second-order valence-electron chi connectivity index (χ2n) is 7.37. The summed E-state index contributed by atoms with van der Waals surface area (Å²) in [5, 5.41) is 1.80. The predicted octanol–water partition coefficient (Wildman–Crippen LogP) is 5.03. The molecule has 9 heteroatoms. The van der Waals surface area contributed by atoms with Gasteiger partial charge in [-0.25, -0.2) is 9.98 Å². The first-order valence-corrected chi connectivity index (χ1v) is 11.7. The summed E-state index contributed by atoms with van der Waals surface area (Å²) in [6.45, 7) is 2.97. The monoisotopic (exact) mass is 484 g/mol. The molecule has 0 atom stereocenters. The number of carbonyl (C=O) groups excluding carboxylic acids is 1.